The van der Waals surface area contributed by atoms with E-state index in [0.29, 0.717) is 78.2 Å². The summed E-state index contributed by atoms with van der Waals surface area (Å²) >= 11 is 1.15. The van der Waals surface area contributed by atoms with Crippen LogP contribution in [0.1, 0.15) is 20.8 Å². The quantitative estimate of drug-likeness (QED) is 0.154. The molecular weight excluding hydrogens is 791 g/mol. The molecule has 306 valence electrons. The van der Waals surface area contributed by atoms with Crippen molar-refractivity contribution in [3.05, 3.63) is 148 Å². The van der Waals surface area contributed by atoms with E-state index in [1.165, 1.54) is 28.0 Å². The summed E-state index contributed by atoms with van der Waals surface area (Å²) in [6.07, 6.45) is 2.79. The molecule has 1 saturated heterocycles. The van der Waals surface area contributed by atoms with Crippen LogP contribution in [0.4, 0.5) is 31.7 Å². The molecule has 7 aromatic rings. The molecule has 0 spiro atoms. The number of halogens is 2. The molecule has 0 radical (unpaired) electrons. The van der Waals surface area contributed by atoms with E-state index in [9.17, 15) is 23.5 Å². The molecule has 1 atom stereocenters. The Kier molecular flexibility index (Phi) is 10.6. The fourth-order valence-electron chi connectivity index (χ4n) is 7.87. The topological polar surface area (TPSA) is 160 Å². The third-order valence-corrected chi connectivity index (χ3v) is 11.8. The van der Waals surface area contributed by atoms with Gasteiger partial charge in [0.05, 0.1) is 34.9 Å². The Hall–Kier alpha value is -6.53. The number of hydrogen-bond acceptors (Lipinski definition) is 12. The number of amides is 1. The number of β-amino-alcohol motifs (C(OH)–C–C–N with tert-alkyl or cyclic N) is 1. The van der Waals surface area contributed by atoms with Crippen LogP contribution in [0, 0.1) is 11.6 Å². The van der Waals surface area contributed by atoms with Crippen molar-refractivity contribution in [1.82, 2.24) is 34.1 Å². The standard InChI is InChI=1S/C43H40F2N10O4S/c44-29-8-12-33(34(45)20-29)43(58,25-53-27-47-26-48-53)24-52-16-14-51(15-17-52)23-28-6-9-30(10-7-28)49-40(56)38-22-36-41(60-38)50-39(46)42(57)55(36)32-11-13-37-35(21-32)54(18-19-59-37)31-4-2-1-3-5-31/h1-13,20-22,26-27,58H,14-19,23-25H2,(H2,46,50)(H,49,56). The van der Waals surface area contributed by atoms with Gasteiger partial charge in [-0.05, 0) is 60.2 Å². The van der Waals surface area contributed by atoms with Crippen molar-refractivity contribution in [2.75, 3.05) is 61.8 Å². The van der Waals surface area contributed by atoms with E-state index in [2.05, 4.69) is 35.1 Å². The van der Waals surface area contributed by atoms with Crippen molar-refractivity contribution in [3.8, 4) is 11.4 Å². The Morgan fingerprint density at radius 3 is 2.43 bits per heavy atom. The first-order valence-electron chi connectivity index (χ1n) is 19.4. The highest BCUT2D eigenvalue weighted by atomic mass is 32.1. The van der Waals surface area contributed by atoms with Gasteiger partial charge in [0.1, 0.15) is 47.1 Å². The highest BCUT2D eigenvalue weighted by Gasteiger charge is 2.36. The first kappa shape index (κ1) is 39.0. The van der Waals surface area contributed by atoms with Gasteiger partial charge in [0.25, 0.3) is 11.5 Å². The second-order valence-corrected chi connectivity index (χ2v) is 15.9. The van der Waals surface area contributed by atoms with Gasteiger partial charge in [0.2, 0.25) is 0 Å². The molecule has 1 fully saturated rings. The lowest BCUT2D eigenvalue weighted by Crippen LogP contribution is -2.52. The predicted molar refractivity (Wildman–Crippen MR) is 225 cm³/mol. The van der Waals surface area contributed by atoms with E-state index in [-0.39, 0.29) is 30.4 Å². The minimum Gasteiger partial charge on any atom is -0.490 e. The van der Waals surface area contributed by atoms with Gasteiger partial charge in [-0.3, -0.25) is 24.0 Å². The van der Waals surface area contributed by atoms with Crippen LogP contribution in [0.25, 0.3) is 16.0 Å². The summed E-state index contributed by atoms with van der Waals surface area (Å²) in [7, 11) is 0. The number of anilines is 4. The minimum atomic E-state index is -1.67. The van der Waals surface area contributed by atoms with Gasteiger partial charge in [-0.1, -0.05) is 36.4 Å². The van der Waals surface area contributed by atoms with Gasteiger partial charge >= 0.3 is 0 Å². The van der Waals surface area contributed by atoms with Gasteiger partial charge in [-0.15, -0.1) is 11.3 Å². The number of nitrogens with two attached hydrogens (primary N) is 1. The molecule has 3 aromatic heterocycles. The summed E-state index contributed by atoms with van der Waals surface area (Å²) in [6, 6.07) is 27.9. The zero-order valence-electron chi connectivity index (χ0n) is 32.2. The maximum Gasteiger partial charge on any atom is 0.298 e. The lowest BCUT2D eigenvalue weighted by atomic mass is 9.92. The molecule has 1 amide bonds. The highest BCUT2D eigenvalue weighted by molar-refractivity contribution is 7.20. The number of piperazine rings is 1. The second-order valence-electron chi connectivity index (χ2n) is 14.9. The van der Waals surface area contributed by atoms with Crippen LogP contribution in [-0.4, -0.2) is 91.0 Å². The molecule has 9 rings (SSSR count). The zero-order chi connectivity index (χ0) is 41.4. The number of nitrogens with zero attached hydrogens (tertiary/aromatic N) is 8. The molecule has 2 aliphatic heterocycles. The highest BCUT2D eigenvalue weighted by Crippen LogP contribution is 2.39. The van der Waals surface area contributed by atoms with Crippen molar-refractivity contribution in [1.29, 1.82) is 0 Å². The van der Waals surface area contributed by atoms with E-state index >= 15 is 0 Å². The maximum atomic E-state index is 14.9. The molecule has 0 aliphatic carbocycles. The van der Waals surface area contributed by atoms with Crippen molar-refractivity contribution < 1.29 is 23.4 Å². The van der Waals surface area contributed by atoms with Crippen LogP contribution in [0.3, 0.4) is 0 Å². The van der Waals surface area contributed by atoms with Crippen LogP contribution < -0.4 is 26.2 Å². The minimum absolute atomic E-state index is 0.0000556. The van der Waals surface area contributed by atoms with Gasteiger partial charge in [-0.2, -0.15) is 5.10 Å². The van der Waals surface area contributed by atoms with Crippen LogP contribution in [-0.2, 0) is 18.7 Å². The van der Waals surface area contributed by atoms with Crippen molar-refractivity contribution in [2.45, 2.75) is 18.7 Å². The fraction of sp³-hybridized carbons (Fsp3) is 0.233. The Morgan fingerprint density at radius 2 is 1.68 bits per heavy atom. The third kappa shape index (κ3) is 7.94. The first-order chi connectivity index (χ1) is 29.1. The number of aliphatic hydroxyl groups is 1. The number of carbonyl (C=O) groups is 1. The number of nitrogen functional groups attached to an aromatic ring is 1. The number of aromatic nitrogens is 5. The first-order valence-corrected chi connectivity index (χ1v) is 20.2. The molecule has 0 bridgehead atoms. The lowest BCUT2D eigenvalue weighted by Gasteiger charge is -2.39. The number of ether oxygens (including phenoxy) is 1. The summed E-state index contributed by atoms with van der Waals surface area (Å²) in [6.45, 7) is 4.52. The molecule has 14 nitrogen and oxygen atoms in total. The molecule has 4 aromatic carbocycles. The van der Waals surface area contributed by atoms with Gasteiger partial charge in [0.15, 0.2) is 5.82 Å². The fourth-order valence-corrected chi connectivity index (χ4v) is 8.79. The molecule has 4 N–H and O–H groups in total. The maximum absolute atomic E-state index is 14.9. The number of carbonyl (C=O) groups excluding carboxylic acids is 1. The Morgan fingerprint density at radius 1 is 0.900 bits per heavy atom. The SMILES string of the molecule is Nc1nc2sc(C(=O)Nc3ccc(CN4CCN(CC(O)(Cn5cncn5)c5ccc(F)cc5F)CC4)cc3)cc2n(-c2ccc3c(c2)N(c2ccccc2)CCO3)c1=O. The van der Waals surface area contributed by atoms with Crippen LogP contribution in [0.2, 0.25) is 0 Å². The average molecular weight is 831 g/mol. The largest absolute Gasteiger partial charge is 0.490 e. The monoisotopic (exact) mass is 830 g/mol. The van der Waals surface area contributed by atoms with Crippen LogP contribution in [0.5, 0.6) is 5.75 Å². The van der Waals surface area contributed by atoms with Crippen molar-refractivity contribution in [3.63, 3.8) is 0 Å². The predicted octanol–water partition coefficient (Wildman–Crippen LogP) is 5.39. The van der Waals surface area contributed by atoms with Gasteiger partial charge < -0.3 is 25.8 Å². The second kappa shape index (κ2) is 16.3. The van der Waals surface area contributed by atoms with E-state index < -0.39 is 22.8 Å². The summed E-state index contributed by atoms with van der Waals surface area (Å²) in [5.41, 5.74) is 8.46. The third-order valence-electron chi connectivity index (χ3n) is 10.8. The Bertz CT molecular complexity index is 2720. The van der Waals surface area contributed by atoms with Gasteiger partial charge in [-0.25, -0.2) is 23.4 Å². The van der Waals surface area contributed by atoms with E-state index in [0.717, 1.165) is 40.4 Å². The average Bonchev–Trinajstić information content (AvgIpc) is 3.92. The van der Waals surface area contributed by atoms with Crippen molar-refractivity contribution in [2.24, 2.45) is 0 Å². The van der Waals surface area contributed by atoms with Crippen LogP contribution in [0.15, 0.2) is 115 Å². The number of fused-ring (bicyclic) bond motifs is 2. The number of para-hydroxylation sites is 1. The molecule has 1 unspecified atom stereocenters. The summed E-state index contributed by atoms with van der Waals surface area (Å²) in [5, 5.41) is 18.8. The number of thiophene rings is 1. The molecule has 5 heterocycles. The number of benzene rings is 4. The van der Waals surface area contributed by atoms with Crippen LogP contribution >= 0.6 is 11.3 Å². The molecule has 17 heteroatoms. The lowest BCUT2D eigenvalue weighted by molar-refractivity contribution is -0.0324. The van der Waals surface area contributed by atoms with Crippen molar-refractivity contribution >= 4 is 50.5 Å². The van der Waals surface area contributed by atoms with E-state index in [4.69, 9.17) is 10.5 Å². The number of hydrogen-bond donors (Lipinski definition) is 3. The molecule has 0 saturated carbocycles. The molecular formula is C43H40F2N10O4S. The smallest absolute Gasteiger partial charge is 0.298 e. The zero-order valence-corrected chi connectivity index (χ0v) is 33.1. The van der Waals surface area contributed by atoms with E-state index in [1.807, 2.05) is 66.7 Å². The van der Waals surface area contributed by atoms with Gasteiger partial charge in [0, 0.05) is 62.3 Å². The number of nitrogens with one attached hydrogen (secondary N) is 1. The number of rotatable bonds is 11. The summed E-state index contributed by atoms with van der Waals surface area (Å²) in [5.74, 6) is -1.36. The Balaban J connectivity index is 0.854. The normalized spacial score (nSPS) is 15.7. The molecule has 60 heavy (non-hydrogen) atoms. The van der Waals surface area contributed by atoms with E-state index in [1.54, 1.807) is 12.1 Å². The summed E-state index contributed by atoms with van der Waals surface area (Å²) < 4.78 is 37.6. The molecule has 2 aliphatic rings. The Labute approximate surface area is 346 Å². The summed E-state index contributed by atoms with van der Waals surface area (Å²) in [4.78, 5) is 42.7.